The van der Waals surface area contributed by atoms with Gasteiger partial charge in [0.2, 0.25) is 0 Å². The SMILES string of the molecule is CC(C)(C)ONCc1cccc(F)c1F. The molecule has 0 aliphatic rings. The first-order chi connectivity index (χ1) is 6.90. The van der Waals surface area contributed by atoms with Crippen molar-refractivity contribution in [2.24, 2.45) is 0 Å². The van der Waals surface area contributed by atoms with E-state index in [0.717, 1.165) is 6.07 Å². The maximum atomic E-state index is 13.2. The molecule has 0 radical (unpaired) electrons. The number of nitrogens with one attached hydrogen (secondary N) is 1. The van der Waals surface area contributed by atoms with Gasteiger partial charge in [0.1, 0.15) is 0 Å². The number of halogens is 2. The summed E-state index contributed by atoms with van der Waals surface area (Å²) in [5.74, 6) is -1.67. The molecule has 0 aliphatic carbocycles. The van der Waals surface area contributed by atoms with Crippen LogP contribution in [0.3, 0.4) is 0 Å². The maximum Gasteiger partial charge on any atom is 0.163 e. The predicted octanol–water partition coefficient (Wildman–Crippen LogP) is 2.78. The summed E-state index contributed by atoms with van der Waals surface area (Å²) >= 11 is 0. The molecule has 2 nitrogen and oxygen atoms in total. The fourth-order valence-electron chi connectivity index (χ4n) is 1.02. The highest BCUT2D eigenvalue weighted by Gasteiger charge is 2.11. The quantitative estimate of drug-likeness (QED) is 0.783. The van der Waals surface area contributed by atoms with Gasteiger partial charge < -0.3 is 0 Å². The number of hydrogen-bond donors (Lipinski definition) is 1. The van der Waals surface area contributed by atoms with Gasteiger partial charge in [0.15, 0.2) is 11.6 Å². The summed E-state index contributed by atoms with van der Waals surface area (Å²) in [6.45, 7) is 5.73. The van der Waals surface area contributed by atoms with Crippen molar-refractivity contribution in [3.8, 4) is 0 Å². The van der Waals surface area contributed by atoms with Crippen LogP contribution in [0.15, 0.2) is 18.2 Å². The molecule has 0 atom stereocenters. The minimum absolute atomic E-state index is 0.140. The van der Waals surface area contributed by atoms with E-state index in [4.69, 9.17) is 4.84 Å². The third-order valence-corrected chi connectivity index (χ3v) is 1.67. The molecule has 0 aromatic heterocycles. The molecule has 0 saturated carbocycles. The van der Waals surface area contributed by atoms with E-state index < -0.39 is 11.6 Å². The Morgan fingerprint density at radius 1 is 1.27 bits per heavy atom. The zero-order chi connectivity index (χ0) is 11.5. The highest BCUT2D eigenvalue weighted by molar-refractivity contribution is 5.18. The van der Waals surface area contributed by atoms with Gasteiger partial charge in [0, 0.05) is 12.1 Å². The van der Waals surface area contributed by atoms with Crippen molar-refractivity contribution in [1.29, 1.82) is 0 Å². The van der Waals surface area contributed by atoms with Crippen LogP contribution in [0.25, 0.3) is 0 Å². The fourth-order valence-corrected chi connectivity index (χ4v) is 1.02. The molecule has 84 valence electrons. The summed E-state index contributed by atoms with van der Waals surface area (Å²) in [4.78, 5) is 5.19. The van der Waals surface area contributed by atoms with Gasteiger partial charge in [0.05, 0.1) is 5.60 Å². The smallest absolute Gasteiger partial charge is 0.163 e. The standard InChI is InChI=1S/C11H15F2NO/c1-11(2,3)15-14-7-8-5-4-6-9(12)10(8)13/h4-6,14H,7H2,1-3H3. The minimum atomic E-state index is -0.843. The Balaban J connectivity index is 2.55. The van der Waals surface area contributed by atoms with Crippen molar-refractivity contribution in [3.05, 3.63) is 35.4 Å². The van der Waals surface area contributed by atoms with Gasteiger partial charge >= 0.3 is 0 Å². The van der Waals surface area contributed by atoms with E-state index in [1.165, 1.54) is 12.1 Å². The summed E-state index contributed by atoms with van der Waals surface area (Å²) < 4.78 is 25.9. The van der Waals surface area contributed by atoms with Crippen LogP contribution >= 0.6 is 0 Å². The van der Waals surface area contributed by atoms with Crippen molar-refractivity contribution < 1.29 is 13.6 Å². The monoisotopic (exact) mass is 215 g/mol. The predicted molar refractivity (Wildman–Crippen MR) is 54.0 cm³/mol. The van der Waals surface area contributed by atoms with Crippen LogP contribution in [0.4, 0.5) is 8.78 Å². The summed E-state index contributed by atoms with van der Waals surface area (Å²) in [5, 5.41) is 0. The molecule has 0 unspecified atom stereocenters. The second kappa shape index (κ2) is 4.68. The van der Waals surface area contributed by atoms with Crippen molar-refractivity contribution in [2.45, 2.75) is 32.9 Å². The molecule has 0 heterocycles. The highest BCUT2D eigenvalue weighted by atomic mass is 19.2. The first-order valence-electron chi connectivity index (χ1n) is 4.74. The molecule has 15 heavy (non-hydrogen) atoms. The van der Waals surface area contributed by atoms with E-state index in [2.05, 4.69) is 5.48 Å². The van der Waals surface area contributed by atoms with Gasteiger partial charge in [-0.1, -0.05) is 12.1 Å². The fraction of sp³-hybridized carbons (Fsp3) is 0.455. The summed E-state index contributed by atoms with van der Waals surface area (Å²) in [6, 6.07) is 4.06. The minimum Gasteiger partial charge on any atom is -0.296 e. The lowest BCUT2D eigenvalue weighted by Gasteiger charge is -2.19. The average Bonchev–Trinajstić information content (AvgIpc) is 2.10. The molecule has 1 rings (SSSR count). The van der Waals surface area contributed by atoms with Gasteiger partial charge in [-0.25, -0.2) is 8.78 Å². The van der Waals surface area contributed by atoms with Gasteiger partial charge in [0.25, 0.3) is 0 Å². The Bertz CT molecular complexity index is 334. The lowest BCUT2D eigenvalue weighted by molar-refractivity contribution is -0.0760. The van der Waals surface area contributed by atoms with Gasteiger partial charge in [-0.15, -0.1) is 0 Å². The van der Waals surface area contributed by atoms with E-state index >= 15 is 0 Å². The lowest BCUT2D eigenvalue weighted by Crippen LogP contribution is -2.29. The van der Waals surface area contributed by atoms with Crippen LogP contribution in [0.5, 0.6) is 0 Å². The molecule has 0 aliphatic heterocycles. The molecule has 0 spiro atoms. The zero-order valence-electron chi connectivity index (χ0n) is 9.10. The van der Waals surface area contributed by atoms with Crippen LogP contribution in [-0.4, -0.2) is 5.60 Å². The third-order valence-electron chi connectivity index (χ3n) is 1.67. The molecule has 1 N–H and O–H groups in total. The first-order valence-corrected chi connectivity index (χ1v) is 4.74. The Hall–Kier alpha value is -1.00. The molecular weight excluding hydrogens is 200 g/mol. The van der Waals surface area contributed by atoms with E-state index in [1.54, 1.807) is 0 Å². The van der Waals surface area contributed by atoms with E-state index in [1.807, 2.05) is 20.8 Å². The topological polar surface area (TPSA) is 21.3 Å². The van der Waals surface area contributed by atoms with Crippen molar-refractivity contribution in [1.82, 2.24) is 5.48 Å². The van der Waals surface area contributed by atoms with Crippen molar-refractivity contribution in [2.75, 3.05) is 0 Å². The maximum absolute atomic E-state index is 13.2. The average molecular weight is 215 g/mol. The second-order valence-corrected chi connectivity index (χ2v) is 4.25. The highest BCUT2D eigenvalue weighted by Crippen LogP contribution is 2.11. The molecule has 0 saturated heterocycles. The van der Waals surface area contributed by atoms with Gasteiger partial charge in [-0.2, -0.15) is 5.48 Å². The first kappa shape index (κ1) is 12.1. The van der Waals surface area contributed by atoms with Crippen LogP contribution in [0.2, 0.25) is 0 Å². The molecule has 0 bridgehead atoms. The van der Waals surface area contributed by atoms with Crippen LogP contribution in [-0.2, 0) is 11.4 Å². The number of rotatable bonds is 3. The van der Waals surface area contributed by atoms with Crippen LogP contribution in [0, 0.1) is 11.6 Å². The molecular formula is C11H15F2NO. The van der Waals surface area contributed by atoms with E-state index in [-0.39, 0.29) is 17.7 Å². The van der Waals surface area contributed by atoms with Gasteiger partial charge in [-0.05, 0) is 26.8 Å². The molecule has 1 aromatic rings. The zero-order valence-corrected chi connectivity index (χ0v) is 9.10. The number of hydroxylamine groups is 1. The molecule has 1 aromatic carbocycles. The summed E-state index contributed by atoms with van der Waals surface area (Å²) in [6.07, 6.45) is 0. The second-order valence-electron chi connectivity index (χ2n) is 4.25. The Morgan fingerprint density at radius 3 is 2.53 bits per heavy atom. The lowest BCUT2D eigenvalue weighted by atomic mass is 10.2. The molecule has 0 fully saturated rings. The van der Waals surface area contributed by atoms with E-state index in [0.29, 0.717) is 0 Å². The van der Waals surface area contributed by atoms with Crippen LogP contribution in [0.1, 0.15) is 26.3 Å². The Morgan fingerprint density at radius 2 is 1.93 bits per heavy atom. The normalized spacial score (nSPS) is 11.8. The van der Waals surface area contributed by atoms with Crippen LogP contribution < -0.4 is 5.48 Å². The third kappa shape index (κ3) is 3.93. The van der Waals surface area contributed by atoms with E-state index in [9.17, 15) is 8.78 Å². The van der Waals surface area contributed by atoms with Crippen molar-refractivity contribution in [3.63, 3.8) is 0 Å². The Labute approximate surface area is 88.2 Å². The Kier molecular flexibility index (Phi) is 3.77. The summed E-state index contributed by atoms with van der Waals surface area (Å²) in [7, 11) is 0. The molecule has 0 amide bonds. The molecule has 4 heteroatoms. The largest absolute Gasteiger partial charge is 0.296 e. The van der Waals surface area contributed by atoms with Gasteiger partial charge in [-0.3, -0.25) is 4.84 Å². The van der Waals surface area contributed by atoms with Crippen molar-refractivity contribution >= 4 is 0 Å². The summed E-state index contributed by atoms with van der Waals surface area (Å²) in [5.41, 5.74) is 2.49. The number of hydrogen-bond acceptors (Lipinski definition) is 2. The number of benzene rings is 1.